The van der Waals surface area contributed by atoms with Gasteiger partial charge in [0.25, 0.3) is 0 Å². The molecule has 0 spiro atoms. The molecule has 0 heterocycles. The van der Waals surface area contributed by atoms with Crippen molar-refractivity contribution in [3.63, 3.8) is 0 Å². The zero-order valence-corrected chi connectivity index (χ0v) is 20.6. The number of hydrogen-bond acceptors (Lipinski definition) is 3. The maximum atomic E-state index is 8.07. The molecule has 0 saturated carbocycles. The van der Waals surface area contributed by atoms with E-state index in [4.69, 9.17) is 14.9 Å². The zero-order chi connectivity index (χ0) is 24.2. The Hall–Kier alpha value is -3.59. The smallest absolute Gasteiger partial charge is 0.119 e. The molecule has 1 N–H and O–H groups in total. The van der Waals surface area contributed by atoms with Crippen LogP contribution in [0.5, 0.6) is 11.5 Å². The molecule has 1 atom stereocenters. The van der Waals surface area contributed by atoms with Crippen LogP contribution < -0.4 is 9.47 Å². The Labute approximate surface area is 208 Å². The predicted molar refractivity (Wildman–Crippen MR) is 145 cm³/mol. The first-order valence-electron chi connectivity index (χ1n) is 12.8. The molecule has 0 fully saturated rings. The van der Waals surface area contributed by atoms with E-state index in [0.29, 0.717) is 19.6 Å². The van der Waals surface area contributed by atoms with E-state index in [9.17, 15) is 0 Å². The van der Waals surface area contributed by atoms with Crippen molar-refractivity contribution < 1.29 is 9.47 Å². The highest BCUT2D eigenvalue weighted by Crippen LogP contribution is 2.51. The van der Waals surface area contributed by atoms with Crippen molar-refractivity contribution in [2.24, 2.45) is 0 Å². The first kappa shape index (κ1) is 23.2. The van der Waals surface area contributed by atoms with Gasteiger partial charge in [-0.1, -0.05) is 67.9 Å². The van der Waals surface area contributed by atoms with Gasteiger partial charge < -0.3 is 14.9 Å². The molecule has 0 saturated heterocycles. The molecule has 0 amide bonds. The van der Waals surface area contributed by atoms with Crippen molar-refractivity contribution in [2.45, 2.75) is 45.4 Å². The van der Waals surface area contributed by atoms with Gasteiger partial charge in [0.1, 0.15) is 11.5 Å². The molecular weight excluding hydrogens is 430 g/mol. The van der Waals surface area contributed by atoms with Gasteiger partial charge in [0.2, 0.25) is 0 Å². The SMILES string of the molecule is CCCCC(=N)CCOc1ccc(C2c3cc(OCC)ccc3-c3ccc4ccccc4c32)cc1. The van der Waals surface area contributed by atoms with Gasteiger partial charge in [-0.15, -0.1) is 0 Å². The fraction of sp³-hybridized carbons (Fsp3) is 0.281. The average molecular weight is 464 g/mol. The Balaban J connectivity index is 1.47. The van der Waals surface area contributed by atoms with Gasteiger partial charge in [-0.05, 0) is 82.6 Å². The highest BCUT2D eigenvalue weighted by Gasteiger charge is 2.32. The second-order valence-electron chi connectivity index (χ2n) is 9.24. The summed E-state index contributed by atoms with van der Waals surface area (Å²) in [6.07, 6.45) is 3.77. The molecule has 4 aromatic carbocycles. The quantitative estimate of drug-likeness (QED) is 0.211. The summed E-state index contributed by atoms with van der Waals surface area (Å²) in [7, 11) is 0. The van der Waals surface area contributed by atoms with E-state index in [-0.39, 0.29) is 5.92 Å². The van der Waals surface area contributed by atoms with E-state index in [2.05, 4.69) is 85.8 Å². The summed E-state index contributed by atoms with van der Waals surface area (Å²) in [6, 6.07) is 28.2. The van der Waals surface area contributed by atoms with Crippen molar-refractivity contribution in [1.82, 2.24) is 0 Å². The van der Waals surface area contributed by atoms with Gasteiger partial charge in [0, 0.05) is 18.1 Å². The number of unbranched alkanes of at least 4 members (excludes halogenated alkanes) is 1. The third-order valence-corrected chi connectivity index (χ3v) is 6.91. The minimum Gasteiger partial charge on any atom is -0.494 e. The second kappa shape index (κ2) is 10.4. The molecular formula is C32H33NO2. The molecule has 178 valence electrons. The molecule has 0 radical (unpaired) electrons. The Morgan fingerprint density at radius 1 is 0.800 bits per heavy atom. The molecule has 3 nitrogen and oxygen atoms in total. The number of benzene rings is 4. The molecule has 4 aromatic rings. The normalized spacial score (nSPS) is 13.9. The Morgan fingerprint density at radius 3 is 2.37 bits per heavy atom. The third-order valence-electron chi connectivity index (χ3n) is 6.91. The standard InChI is InChI=1S/C32H33NO2/c1-3-5-9-24(33)19-20-35-25-14-11-23(12-15-25)31-30-21-26(34-4-2)16-18-28(30)29-17-13-22-8-6-7-10-27(22)32(29)31/h6-8,10-18,21,31,33H,3-5,9,19-20H2,1-2H3. The van der Waals surface area contributed by atoms with Gasteiger partial charge in [-0.3, -0.25) is 0 Å². The van der Waals surface area contributed by atoms with Gasteiger partial charge in [-0.25, -0.2) is 0 Å². The van der Waals surface area contributed by atoms with Crippen LogP contribution in [-0.2, 0) is 0 Å². The molecule has 0 aromatic heterocycles. The topological polar surface area (TPSA) is 42.3 Å². The summed E-state index contributed by atoms with van der Waals surface area (Å²) in [5, 5.41) is 10.6. The van der Waals surface area contributed by atoms with E-state index in [1.807, 2.05) is 6.92 Å². The number of hydrogen-bond donors (Lipinski definition) is 1. The number of ether oxygens (including phenoxy) is 2. The van der Waals surface area contributed by atoms with Crippen LogP contribution in [0, 0.1) is 5.41 Å². The summed E-state index contributed by atoms with van der Waals surface area (Å²) in [5.74, 6) is 1.91. The van der Waals surface area contributed by atoms with E-state index in [0.717, 1.165) is 36.5 Å². The lowest BCUT2D eigenvalue weighted by molar-refractivity contribution is 0.328. The second-order valence-corrected chi connectivity index (χ2v) is 9.24. The fourth-order valence-corrected chi connectivity index (χ4v) is 5.19. The van der Waals surface area contributed by atoms with Gasteiger partial charge in [0.05, 0.1) is 13.2 Å². The van der Waals surface area contributed by atoms with E-state index in [1.165, 1.54) is 38.6 Å². The maximum Gasteiger partial charge on any atom is 0.119 e. The van der Waals surface area contributed by atoms with Gasteiger partial charge in [0.15, 0.2) is 0 Å². The zero-order valence-electron chi connectivity index (χ0n) is 20.6. The molecule has 1 aliphatic carbocycles. The summed E-state index contributed by atoms with van der Waals surface area (Å²) >= 11 is 0. The maximum absolute atomic E-state index is 8.07. The van der Waals surface area contributed by atoms with Crippen LogP contribution in [0.3, 0.4) is 0 Å². The molecule has 5 rings (SSSR count). The average Bonchev–Trinajstić information content (AvgIpc) is 3.22. The summed E-state index contributed by atoms with van der Waals surface area (Å²) in [5.41, 5.74) is 7.27. The minimum absolute atomic E-state index is 0.141. The van der Waals surface area contributed by atoms with Crippen molar-refractivity contribution in [3.05, 3.63) is 95.6 Å². The van der Waals surface area contributed by atoms with Crippen LogP contribution in [0.2, 0.25) is 0 Å². The van der Waals surface area contributed by atoms with Crippen LogP contribution in [-0.4, -0.2) is 18.9 Å². The molecule has 35 heavy (non-hydrogen) atoms. The molecule has 3 heteroatoms. The van der Waals surface area contributed by atoms with E-state index in [1.54, 1.807) is 0 Å². The van der Waals surface area contributed by atoms with Gasteiger partial charge >= 0.3 is 0 Å². The first-order chi connectivity index (χ1) is 17.2. The molecule has 1 unspecified atom stereocenters. The van der Waals surface area contributed by atoms with Crippen LogP contribution in [0.1, 0.15) is 62.1 Å². The first-order valence-corrected chi connectivity index (χ1v) is 12.8. The Bertz CT molecular complexity index is 1340. The highest BCUT2D eigenvalue weighted by atomic mass is 16.5. The third kappa shape index (κ3) is 4.68. The van der Waals surface area contributed by atoms with Crippen molar-refractivity contribution in [3.8, 4) is 22.6 Å². The summed E-state index contributed by atoms with van der Waals surface area (Å²) in [4.78, 5) is 0. The van der Waals surface area contributed by atoms with Crippen LogP contribution in [0.4, 0.5) is 0 Å². The van der Waals surface area contributed by atoms with E-state index >= 15 is 0 Å². The lowest BCUT2D eigenvalue weighted by Crippen LogP contribution is -2.06. The van der Waals surface area contributed by atoms with Crippen LogP contribution in [0.25, 0.3) is 21.9 Å². The van der Waals surface area contributed by atoms with Crippen molar-refractivity contribution >= 4 is 16.5 Å². The molecule has 1 aliphatic rings. The minimum atomic E-state index is 0.141. The van der Waals surface area contributed by atoms with Gasteiger partial charge in [-0.2, -0.15) is 0 Å². The summed E-state index contributed by atoms with van der Waals surface area (Å²) in [6.45, 7) is 5.39. The van der Waals surface area contributed by atoms with Crippen LogP contribution in [0.15, 0.2) is 78.9 Å². The lowest BCUT2D eigenvalue weighted by atomic mass is 9.86. The van der Waals surface area contributed by atoms with Crippen molar-refractivity contribution in [2.75, 3.05) is 13.2 Å². The number of nitrogens with one attached hydrogen (secondary N) is 1. The number of rotatable bonds is 10. The summed E-state index contributed by atoms with van der Waals surface area (Å²) < 4.78 is 11.8. The van der Waals surface area contributed by atoms with E-state index < -0.39 is 0 Å². The number of fused-ring (bicyclic) bond motifs is 5. The Morgan fingerprint density at radius 2 is 1.57 bits per heavy atom. The van der Waals surface area contributed by atoms with Crippen molar-refractivity contribution in [1.29, 1.82) is 5.41 Å². The molecule has 0 bridgehead atoms. The fourth-order valence-electron chi connectivity index (χ4n) is 5.19. The largest absolute Gasteiger partial charge is 0.494 e. The monoisotopic (exact) mass is 463 g/mol. The Kier molecular flexibility index (Phi) is 6.85. The van der Waals surface area contributed by atoms with Crippen LogP contribution >= 0.6 is 0 Å². The molecule has 0 aliphatic heterocycles. The highest BCUT2D eigenvalue weighted by molar-refractivity contribution is 5.97. The lowest BCUT2D eigenvalue weighted by Gasteiger charge is -2.18. The predicted octanol–water partition coefficient (Wildman–Crippen LogP) is 8.38.